The molecule has 0 radical (unpaired) electrons. The molecular weight excluding hydrogens is 428 g/mol. The summed E-state index contributed by atoms with van der Waals surface area (Å²) in [5.41, 5.74) is 8.06. The van der Waals surface area contributed by atoms with Crippen LogP contribution in [0.15, 0.2) is 66.0 Å². The SMILES string of the molecule is N=C(N)c1ccc(NC(=O)C(O)[C@H]2OCCN(c3ccc(-c4cccs4)cc3)C2=O)cc1. The molecule has 3 aromatic rings. The summed E-state index contributed by atoms with van der Waals surface area (Å²) in [4.78, 5) is 28.1. The van der Waals surface area contributed by atoms with E-state index in [1.165, 1.54) is 4.90 Å². The summed E-state index contributed by atoms with van der Waals surface area (Å²) in [6.45, 7) is 0.523. The quantitative estimate of drug-likeness (QED) is 0.339. The maximum atomic E-state index is 13.0. The normalized spacial score (nSPS) is 17.1. The van der Waals surface area contributed by atoms with Crippen molar-refractivity contribution in [3.05, 3.63) is 71.6 Å². The van der Waals surface area contributed by atoms with Crippen LogP contribution in [0.5, 0.6) is 0 Å². The van der Waals surface area contributed by atoms with Gasteiger partial charge in [0.1, 0.15) is 5.84 Å². The zero-order valence-corrected chi connectivity index (χ0v) is 17.8. The van der Waals surface area contributed by atoms with Crippen LogP contribution >= 0.6 is 11.3 Å². The summed E-state index contributed by atoms with van der Waals surface area (Å²) in [5.74, 6) is -1.32. The second-order valence-electron chi connectivity index (χ2n) is 7.23. The van der Waals surface area contributed by atoms with Gasteiger partial charge in [-0.3, -0.25) is 15.0 Å². The Hall–Kier alpha value is -3.53. The number of aliphatic hydroxyl groups is 1. The summed E-state index contributed by atoms with van der Waals surface area (Å²) in [5, 5.41) is 22.5. The van der Waals surface area contributed by atoms with Crippen LogP contribution in [-0.4, -0.2) is 48.1 Å². The van der Waals surface area contributed by atoms with E-state index in [1.807, 2.05) is 41.8 Å². The third-order valence-corrected chi connectivity index (χ3v) is 6.04. The Kier molecular flexibility index (Phi) is 6.31. The molecular formula is C23H22N4O4S. The average molecular weight is 451 g/mol. The number of amidine groups is 1. The van der Waals surface area contributed by atoms with E-state index in [2.05, 4.69) is 5.32 Å². The van der Waals surface area contributed by atoms with Gasteiger partial charge in [-0.1, -0.05) is 18.2 Å². The third-order valence-electron chi connectivity index (χ3n) is 5.13. The largest absolute Gasteiger partial charge is 0.384 e. The molecule has 1 aliphatic rings. The molecule has 2 amide bonds. The van der Waals surface area contributed by atoms with Gasteiger partial charge in [-0.05, 0) is 53.4 Å². The van der Waals surface area contributed by atoms with Crippen molar-refractivity contribution in [1.82, 2.24) is 0 Å². The topological polar surface area (TPSA) is 129 Å². The molecule has 5 N–H and O–H groups in total. The highest BCUT2D eigenvalue weighted by Crippen LogP contribution is 2.28. The summed E-state index contributed by atoms with van der Waals surface area (Å²) in [7, 11) is 0. The number of morpholine rings is 1. The number of carbonyl (C=O) groups is 2. The number of hydrogen-bond acceptors (Lipinski definition) is 6. The number of nitrogen functional groups attached to an aromatic ring is 1. The van der Waals surface area contributed by atoms with Gasteiger partial charge in [0.25, 0.3) is 11.8 Å². The number of nitrogens with one attached hydrogen (secondary N) is 2. The summed E-state index contributed by atoms with van der Waals surface area (Å²) < 4.78 is 5.45. The fourth-order valence-corrected chi connectivity index (χ4v) is 4.16. The fraction of sp³-hybridized carbons (Fsp3) is 0.174. The lowest BCUT2D eigenvalue weighted by Gasteiger charge is -2.34. The van der Waals surface area contributed by atoms with Gasteiger partial charge in [0.05, 0.1) is 6.61 Å². The molecule has 0 saturated carbocycles. The van der Waals surface area contributed by atoms with Crippen molar-refractivity contribution in [2.24, 2.45) is 5.73 Å². The van der Waals surface area contributed by atoms with Crippen LogP contribution in [0.25, 0.3) is 10.4 Å². The molecule has 32 heavy (non-hydrogen) atoms. The summed E-state index contributed by atoms with van der Waals surface area (Å²) in [6.07, 6.45) is -2.99. The molecule has 0 spiro atoms. The molecule has 0 aliphatic carbocycles. The number of benzene rings is 2. The van der Waals surface area contributed by atoms with Crippen LogP contribution in [0.3, 0.4) is 0 Å². The number of ether oxygens (including phenoxy) is 1. The fourth-order valence-electron chi connectivity index (χ4n) is 3.42. The van der Waals surface area contributed by atoms with Crippen LogP contribution < -0.4 is 16.0 Å². The first-order valence-electron chi connectivity index (χ1n) is 9.94. The van der Waals surface area contributed by atoms with Crippen molar-refractivity contribution in [3.63, 3.8) is 0 Å². The number of thiophene rings is 1. The highest BCUT2D eigenvalue weighted by Gasteiger charge is 2.39. The number of carbonyl (C=O) groups excluding carboxylic acids is 2. The summed E-state index contributed by atoms with van der Waals surface area (Å²) in [6, 6.07) is 17.9. The molecule has 1 unspecified atom stereocenters. The minimum absolute atomic E-state index is 0.0902. The standard InChI is InChI=1S/C23H22N4O4S/c24-21(25)15-3-7-16(8-4-15)26-22(29)19(28)20-23(30)27(11-12-31-20)17-9-5-14(6-10-17)18-2-1-13-32-18/h1-10,13,19-20,28H,11-12H2,(H3,24,25)(H,26,29)/t19?,20-/m1/s1. The van der Waals surface area contributed by atoms with Crippen molar-refractivity contribution in [1.29, 1.82) is 5.41 Å². The van der Waals surface area contributed by atoms with Gasteiger partial charge in [-0.25, -0.2) is 0 Å². The van der Waals surface area contributed by atoms with Crippen molar-refractivity contribution < 1.29 is 19.4 Å². The Labute approximate surface area is 188 Å². The molecule has 2 atom stereocenters. The van der Waals surface area contributed by atoms with Gasteiger partial charge < -0.3 is 25.8 Å². The first-order valence-corrected chi connectivity index (χ1v) is 10.8. The number of anilines is 2. The molecule has 9 heteroatoms. The molecule has 1 aliphatic heterocycles. The molecule has 2 aromatic carbocycles. The average Bonchev–Trinajstić information content (AvgIpc) is 3.34. The first kappa shape index (κ1) is 21.7. The van der Waals surface area contributed by atoms with Gasteiger partial charge in [0.2, 0.25) is 0 Å². The monoisotopic (exact) mass is 450 g/mol. The molecule has 164 valence electrons. The molecule has 1 aromatic heterocycles. The predicted molar refractivity (Wildman–Crippen MR) is 124 cm³/mol. The second kappa shape index (κ2) is 9.31. The van der Waals surface area contributed by atoms with Crippen molar-refractivity contribution >= 4 is 40.4 Å². The van der Waals surface area contributed by atoms with Gasteiger partial charge in [0, 0.05) is 28.4 Å². The van der Waals surface area contributed by atoms with Crippen LogP contribution in [0.1, 0.15) is 5.56 Å². The molecule has 2 heterocycles. The van der Waals surface area contributed by atoms with E-state index >= 15 is 0 Å². The Bertz CT molecular complexity index is 1110. The highest BCUT2D eigenvalue weighted by atomic mass is 32.1. The van der Waals surface area contributed by atoms with Crippen molar-refractivity contribution in [2.45, 2.75) is 12.2 Å². The van der Waals surface area contributed by atoms with E-state index in [1.54, 1.807) is 35.6 Å². The number of amides is 2. The number of hydrogen-bond donors (Lipinski definition) is 4. The van der Waals surface area contributed by atoms with E-state index in [9.17, 15) is 14.7 Å². The smallest absolute Gasteiger partial charge is 0.259 e. The van der Waals surface area contributed by atoms with Gasteiger partial charge in [-0.15, -0.1) is 11.3 Å². The van der Waals surface area contributed by atoms with Gasteiger partial charge in [-0.2, -0.15) is 0 Å². The van der Waals surface area contributed by atoms with Crippen molar-refractivity contribution in [2.75, 3.05) is 23.4 Å². The number of aliphatic hydroxyl groups excluding tert-OH is 1. The number of nitrogens with zero attached hydrogens (tertiary/aromatic N) is 1. The zero-order chi connectivity index (χ0) is 22.7. The Morgan fingerprint density at radius 1 is 1.19 bits per heavy atom. The number of nitrogens with two attached hydrogens (primary N) is 1. The Morgan fingerprint density at radius 2 is 1.91 bits per heavy atom. The lowest BCUT2D eigenvalue weighted by molar-refractivity contribution is -0.150. The molecule has 0 bridgehead atoms. The molecule has 8 nitrogen and oxygen atoms in total. The van der Waals surface area contributed by atoms with Gasteiger partial charge in [0.15, 0.2) is 12.2 Å². The van der Waals surface area contributed by atoms with E-state index in [0.717, 1.165) is 10.4 Å². The predicted octanol–water partition coefficient (Wildman–Crippen LogP) is 2.43. The second-order valence-corrected chi connectivity index (χ2v) is 8.18. The maximum Gasteiger partial charge on any atom is 0.259 e. The number of rotatable bonds is 6. The van der Waals surface area contributed by atoms with E-state index < -0.39 is 24.0 Å². The van der Waals surface area contributed by atoms with Crippen molar-refractivity contribution in [3.8, 4) is 10.4 Å². The first-order chi connectivity index (χ1) is 15.4. The molecule has 1 fully saturated rings. The van der Waals surface area contributed by atoms with E-state index in [4.69, 9.17) is 15.9 Å². The zero-order valence-electron chi connectivity index (χ0n) is 17.0. The van der Waals surface area contributed by atoms with Crippen LogP contribution in [0.2, 0.25) is 0 Å². The molecule has 4 rings (SSSR count). The van der Waals surface area contributed by atoms with Crippen LogP contribution in [-0.2, 0) is 14.3 Å². The minimum atomic E-state index is -1.68. The molecule has 1 saturated heterocycles. The Balaban J connectivity index is 1.43. The lowest BCUT2D eigenvalue weighted by Crippen LogP contribution is -2.55. The van der Waals surface area contributed by atoms with Crippen LogP contribution in [0, 0.1) is 5.41 Å². The third kappa shape index (κ3) is 4.54. The van der Waals surface area contributed by atoms with E-state index in [-0.39, 0.29) is 12.4 Å². The summed E-state index contributed by atoms with van der Waals surface area (Å²) >= 11 is 1.63. The Morgan fingerprint density at radius 3 is 2.53 bits per heavy atom. The van der Waals surface area contributed by atoms with E-state index in [0.29, 0.717) is 23.5 Å². The lowest BCUT2D eigenvalue weighted by atomic mass is 10.1. The highest BCUT2D eigenvalue weighted by molar-refractivity contribution is 7.13. The van der Waals surface area contributed by atoms with Gasteiger partial charge >= 0.3 is 0 Å². The van der Waals surface area contributed by atoms with Crippen LogP contribution in [0.4, 0.5) is 11.4 Å². The maximum absolute atomic E-state index is 13.0. The minimum Gasteiger partial charge on any atom is -0.384 e.